The number of nitrogens with zero attached hydrogens (tertiary/aromatic N) is 1. The summed E-state index contributed by atoms with van der Waals surface area (Å²) in [5.74, 6) is -1.29. The van der Waals surface area contributed by atoms with Gasteiger partial charge in [0.25, 0.3) is 0 Å². The van der Waals surface area contributed by atoms with Crippen LogP contribution >= 0.6 is 11.8 Å². The van der Waals surface area contributed by atoms with E-state index in [0.29, 0.717) is 22.3 Å². The number of amides is 1. The Kier molecular flexibility index (Phi) is 8.11. The zero-order valence-corrected chi connectivity index (χ0v) is 19.1. The van der Waals surface area contributed by atoms with E-state index in [1.165, 1.54) is 42.6 Å². The van der Waals surface area contributed by atoms with E-state index < -0.39 is 43.9 Å². The van der Waals surface area contributed by atoms with E-state index in [4.69, 9.17) is 0 Å². The fourth-order valence-electron chi connectivity index (χ4n) is 2.75. The van der Waals surface area contributed by atoms with Crippen molar-refractivity contribution in [2.75, 3.05) is 16.8 Å². The minimum Gasteiger partial charge on any atom is -0.320 e. The second kappa shape index (κ2) is 10.8. The minimum atomic E-state index is -4.65. The summed E-state index contributed by atoms with van der Waals surface area (Å²) in [6.07, 6.45) is -0.424. The van der Waals surface area contributed by atoms with Crippen LogP contribution in [0.3, 0.4) is 0 Å². The third-order valence-electron chi connectivity index (χ3n) is 4.44. The molecule has 178 valence electrons. The Morgan fingerprint density at radius 2 is 1.79 bits per heavy atom. The molecule has 34 heavy (non-hydrogen) atoms. The van der Waals surface area contributed by atoms with Crippen molar-refractivity contribution in [2.45, 2.75) is 16.1 Å². The number of rotatable bonds is 8. The fraction of sp³-hybridized carbons (Fsp3) is 0.130. The Hall–Kier alpha value is -3.18. The molecule has 0 saturated heterocycles. The normalized spacial score (nSPS) is 12.1. The molecule has 0 aliphatic carbocycles. The monoisotopic (exact) mass is 510 g/mol. The number of benzene rings is 2. The van der Waals surface area contributed by atoms with Gasteiger partial charge < -0.3 is 5.32 Å². The third-order valence-corrected chi connectivity index (χ3v) is 7.42. The minimum absolute atomic E-state index is 0.00385. The van der Waals surface area contributed by atoms with Crippen molar-refractivity contribution in [3.63, 3.8) is 0 Å². The van der Waals surface area contributed by atoms with E-state index in [9.17, 15) is 30.8 Å². The number of anilines is 1. The van der Waals surface area contributed by atoms with Crippen molar-refractivity contribution in [1.29, 1.82) is 0 Å². The van der Waals surface area contributed by atoms with E-state index in [1.807, 2.05) is 0 Å². The summed E-state index contributed by atoms with van der Waals surface area (Å²) < 4.78 is 76.6. The molecular formula is C23H18F4N2O3S2. The van der Waals surface area contributed by atoms with Crippen molar-refractivity contribution in [3.8, 4) is 0 Å². The van der Waals surface area contributed by atoms with E-state index >= 15 is 0 Å². The Morgan fingerprint density at radius 1 is 1.06 bits per heavy atom. The lowest BCUT2D eigenvalue weighted by atomic mass is 10.2. The summed E-state index contributed by atoms with van der Waals surface area (Å²) in [5.41, 5.74) is -0.0699. The number of thioether (sulfide) groups is 1. The predicted octanol–water partition coefficient (Wildman–Crippen LogP) is 5.46. The number of hydrogen-bond donors (Lipinski definition) is 1. The Bertz CT molecular complexity index is 1290. The molecule has 0 aliphatic rings. The summed E-state index contributed by atoms with van der Waals surface area (Å²) in [6, 6.07) is 12.3. The summed E-state index contributed by atoms with van der Waals surface area (Å²) in [6.45, 7) is 0. The van der Waals surface area contributed by atoms with Gasteiger partial charge in [-0.3, -0.25) is 4.79 Å². The number of carbonyl (C=O) groups excluding carboxylic acids is 1. The molecule has 5 nitrogen and oxygen atoms in total. The van der Waals surface area contributed by atoms with Gasteiger partial charge in [-0.25, -0.2) is 17.8 Å². The quantitative estimate of drug-likeness (QED) is 0.248. The molecular weight excluding hydrogens is 492 g/mol. The molecule has 2 aromatic carbocycles. The molecule has 1 heterocycles. The van der Waals surface area contributed by atoms with Crippen molar-refractivity contribution >= 4 is 39.3 Å². The molecule has 0 aliphatic heterocycles. The Morgan fingerprint density at radius 3 is 2.50 bits per heavy atom. The smallest absolute Gasteiger partial charge is 0.320 e. The molecule has 0 saturated carbocycles. The van der Waals surface area contributed by atoms with Gasteiger partial charge in [0.15, 0.2) is 9.84 Å². The largest absolute Gasteiger partial charge is 0.416 e. The molecule has 0 unspecified atom stereocenters. The van der Waals surface area contributed by atoms with Crippen LogP contribution in [0, 0.1) is 5.82 Å². The molecule has 3 aromatic rings. The van der Waals surface area contributed by atoms with Crippen LogP contribution in [-0.2, 0) is 20.8 Å². The predicted molar refractivity (Wildman–Crippen MR) is 123 cm³/mol. The highest BCUT2D eigenvalue weighted by Crippen LogP contribution is 2.31. The van der Waals surface area contributed by atoms with Gasteiger partial charge in [0.1, 0.15) is 10.8 Å². The molecule has 0 fully saturated rings. The van der Waals surface area contributed by atoms with Gasteiger partial charge in [-0.1, -0.05) is 18.2 Å². The number of hydrogen-bond acceptors (Lipinski definition) is 5. The van der Waals surface area contributed by atoms with E-state index in [1.54, 1.807) is 12.1 Å². The summed E-state index contributed by atoms with van der Waals surface area (Å²) in [4.78, 5) is 16.0. The first kappa shape index (κ1) is 25.4. The maximum absolute atomic E-state index is 13.0. The first-order valence-corrected chi connectivity index (χ1v) is 12.4. The van der Waals surface area contributed by atoms with Crippen LogP contribution in [0.1, 0.15) is 11.1 Å². The molecule has 1 aromatic heterocycles. The van der Waals surface area contributed by atoms with Crippen LogP contribution in [0.15, 0.2) is 82.9 Å². The van der Waals surface area contributed by atoms with Gasteiger partial charge in [-0.05, 0) is 54.1 Å². The Balaban J connectivity index is 1.63. The number of halogens is 4. The van der Waals surface area contributed by atoms with E-state index in [0.717, 1.165) is 30.0 Å². The molecule has 3 rings (SSSR count). The van der Waals surface area contributed by atoms with Gasteiger partial charge in [0.05, 0.1) is 21.9 Å². The maximum atomic E-state index is 13.0. The third kappa shape index (κ3) is 7.16. The summed E-state index contributed by atoms with van der Waals surface area (Å²) in [5, 5.41) is 2.99. The fourth-order valence-corrected chi connectivity index (χ4v) is 5.40. The number of pyridine rings is 1. The lowest BCUT2D eigenvalue weighted by Crippen LogP contribution is -2.12. The highest BCUT2D eigenvalue weighted by Gasteiger charge is 2.31. The van der Waals surface area contributed by atoms with Gasteiger partial charge in [-0.2, -0.15) is 13.2 Å². The lowest BCUT2D eigenvalue weighted by molar-refractivity contribution is -0.137. The zero-order valence-electron chi connectivity index (χ0n) is 17.4. The van der Waals surface area contributed by atoms with Crippen molar-refractivity contribution in [3.05, 3.63) is 89.9 Å². The second-order valence-corrected chi connectivity index (χ2v) is 10.1. The number of carbonyl (C=O) groups is 1. The molecule has 0 atom stereocenters. The van der Waals surface area contributed by atoms with E-state index in [-0.39, 0.29) is 5.75 Å². The van der Waals surface area contributed by atoms with Gasteiger partial charge >= 0.3 is 6.18 Å². The van der Waals surface area contributed by atoms with Crippen molar-refractivity contribution < 1.29 is 30.8 Å². The SMILES string of the molecule is O=C(C=Cc1ccc(F)cc1)Nc1cccnc1SCCS(=O)(=O)c1cccc(C(F)(F)F)c1. The molecule has 1 N–H and O–H groups in total. The standard InChI is InChI=1S/C23H18F4N2O3S2/c24-18-9-6-16(7-10-18)8-11-21(30)29-20-5-2-12-28-22(20)33-13-14-34(31,32)19-4-1-3-17(15-19)23(25,26)27/h1-12,15H,13-14H2,(H,29,30). The summed E-state index contributed by atoms with van der Waals surface area (Å²) in [7, 11) is -3.97. The van der Waals surface area contributed by atoms with Crippen LogP contribution in [0.2, 0.25) is 0 Å². The van der Waals surface area contributed by atoms with Crippen molar-refractivity contribution in [2.24, 2.45) is 0 Å². The average molecular weight is 511 g/mol. The molecule has 0 radical (unpaired) electrons. The van der Waals surface area contributed by atoms with Gasteiger partial charge in [0.2, 0.25) is 5.91 Å². The Labute approximate surface area is 197 Å². The summed E-state index contributed by atoms with van der Waals surface area (Å²) >= 11 is 1.04. The highest BCUT2D eigenvalue weighted by atomic mass is 32.2. The van der Waals surface area contributed by atoms with Crippen LogP contribution in [-0.4, -0.2) is 30.8 Å². The molecule has 11 heteroatoms. The second-order valence-electron chi connectivity index (χ2n) is 6.92. The maximum Gasteiger partial charge on any atom is 0.416 e. The molecule has 1 amide bonds. The molecule has 0 bridgehead atoms. The van der Waals surface area contributed by atoms with Crippen LogP contribution < -0.4 is 5.32 Å². The van der Waals surface area contributed by atoms with Gasteiger partial charge in [-0.15, -0.1) is 11.8 Å². The molecule has 0 spiro atoms. The van der Waals surface area contributed by atoms with Crippen LogP contribution in [0.4, 0.5) is 23.2 Å². The van der Waals surface area contributed by atoms with Gasteiger partial charge in [0, 0.05) is 18.0 Å². The number of sulfone groups is 1. The van der Waals surface area contributed by atoms with Crippen molar-refractivity contribution in [1.82, 2.24) is 4.98 Å². The van der Waals surface area contributed by atoms with Crippen LogP contribution in [0.5, 0.6) is 0 Å². The first-order chi connectivity index (χ1) is 16.0. The zero-order chi connectivity index (χ0) is 24.8. The lowest BCUT2D eigenvalue weighted by Gasteiger charge is -2.10. The van der Waals surface area contributed by atoms with Crippen LogP contribution in [0.25, 0.3) is 6.08 Å². The number of aromatic nitrogens is 1. The topological polar surface area (TPSA) is 76.1 Å². The average Bonchev–Trinajstić information content (AvgIpc) is 2.79. The first-order valence-electron chi connectivity index (χ1n) is 9.77. The highest BCUT2D eigenvalue weighted by molar-refractivity contribution is 8.00. The van der Waals surface area contributed by atoms with E-state index in [2.05, 4.69) is 10.3 Å². The number of nitrogens with one attached hydrogen (secondary N) is 1. The number of alkyl halides is 3.